The van der Waals surface area contributed by atoms with E-state index in [4.69, 9.17) is 9.72 Å². The Morgan fingerprint density at radius 1 is 1.12 bits per heavy atom. The highest BCUT2D eigenvalue weighted by molar-refractivity contribution is 7.90. The number of nitrogens with zero attached hydrogens (tertiary/aromatic N) is 6. The molecule has 6 rings (SSSR count). The van der Waals surface area contributed by atoms with Gasteiger partial charge in [-0.05, 0) is 69.1 Å². The van der Waals surface area contributed by atoms with E-state index in [0.717, 1.165) is 19.2 Å². The van der Waals surface area contributed by atoms with Gasteiger partial charge >= 0.3 is 12.0 Å². The second-order valence-corrected chi connectivity index (χ2v) is 13.1. The first-order chi connectivity index (χ1) is 19.8. The molecule has 1 amide bonds. The molecular weight excluding hydrogens is 575 g/mol. The number of H-pyrrole nitrogens is 1. The minimum atomic E-state index is -4.32. The van der Waals surface area contributed by atoms with Crippen molar-refractivity contribution in [3.05, 3.63) is 48.2 Å². The highest BCUT2D eigenvalue weighted by Crippen LogP contribution is 2.59. The van der Waals surface area contributed by atoms with Crippen LogP contribution >= 0.6 is 0 Å². The van der Waals surface area contributed by atoms with Crippen molar-refractivity contribution in [2.75, 3.05) is 18.1 Å². The average molecular weight is 605 g/mol. The predicted molar refractivity (Wildman–Crippen MR) is 144 cm³/mol. The zero-order chi connectivity index (χ0) is 29.9. The third-order valence-corrected chi connectivity index (χ3v) is 9.65. The number of aromatic amines is 1. The average Bonchev–Trinajstić information content (AvgIpc) is 3.47. The topological polar surface area (TPSA) is 125 Å². The summed E-state index contributed by atoms with van der Waals surface area (Å²) in [6, 6.07) is 8.96. The van der Waals surface area contributed by atoms with Crippen LogP contribution in [0.3, 0.4) is 0 Å². The van der Waals surface area contributed by atoms with E-state index < -0.39 is 27.5 Å². The lowest BCUT2D eigenvalue weighted by Gasteiger charge is -2.31. The molecule has 2 fully saturated rings. The lowest BCUT2D eigenvalue weighted by atomic mass is 10.0. The van der Waals surface area contributed by atoms with Gasteiger partial charge in [0.1, 0.15) is 18.1 Å². The van der Waals surface area contributed by atoms with Crippen molar-refractivity contribution in [3.63, 3.8) is 0 Å². The third-order valence-electron chi connectivity index (χ3n) is 8.12. The maximum Gasteiger partial charge on any atom is 0.394 e. The molecule has 3 aromatic rings. The predicted octanol–water partition coefficient (Wildman–Crippen LogP) is 4.08. The molecule has 1 saturated carbocycles. The number of aromatic nitrogens is 4. The number of carbonyl (C=O) groups is 1. The number of pyridine rings is 2. The van der Waals surface area contributed by atoms with E-state index in [9.17, 15) is 26.4 Å². The molecule has 2 aliphatic heterocycles. The Balaban J connectivity index is 1.30. The smallest absolute Gasteiger partial charge is 0.394 e. The maximum absolute atomic E-state index is 13.8. The second kappa shape index (κ2) is 9.78. The van der Waals surface area contributed by atoms with Gasteiger partial charge in [0.05, 0.1) is 12.0 Å². The van der Waals surface area contributed by atoms with Gasteiger partial charge < -0.3 is 9.64 Å². The number of nitrogens with one attached hydrogen (secondary N) is 1. The number of rotatable bonds is 7. The van der Waals surface area contributed by atoms with Crippen LogP contribution in [0.5, 0.6) is 5.88 Å². The minimum Gasteiger partial charge on any atom is -0.477 e. The molecule has 222 valence electrons. The molecule has 2 bridgehead atoms. The van der Waals surface area contributed by atoms with Crippen LogP contribution in [0, 0.1) is 5.41 Å². The summed E-state index contributed by atoms with van der Waals surface area (Å²) in [5.74, 6) is 0.248. The number of fused-ring (bicyclic) bond motifs is 2. The number of ether oxygens (including phenoxy) is 1. The Morgan fingerprint density at radius 2 is 1.90 bits per heavy atom. The highest BCUT2D eigenvalue weighted by Gasteiger charge is 2.62. The fourth-order valence-electron chi connectivity index (χ4n) is 5.35. The quantitative estimate of drug-likeness (QED) is 0.403. The van der Waals surface area contributed by atoms with Crippen LogP contribution in [0.4, 0.5) is 24.8 Å². The SMILES string of the molecule is CC1(C)CCCN1c1nc(-[n+]2ccc(OCCC3(C(F)(F)F)CC3)[nH]2)ccc1C(=O)N1C=Nc2cccc(n2)S1(=O)=O. The van der Waals surface area contributed by atoms with Gasteiger partial charge in [-0.15, -0.1) is 4.68 Å². The first kappa shape index (κ1) is 28.1. The van der Waals surface area contributed by atoms with E-state index in [1.54, 1.807) is 18.3 Å². The van der Waals surface area contributed by atoms with E-state index in [-0.39, 0.29) is 59.5 Å². The monoisotopic (exact) mass is 604 g/mol. The van der Waals surface area contributed by atoms with Crippen LogP contribution in [0.25, 0.3) is 5.82 Å². The van der Waals surface area contributed by atoms with Gasteiger partial charge in [0.25, 0.3) is 21.7 Å². The summed E-state index contributed by atoms with van der Waals surface area (Å²) in [5.41, 5.74) is -1.96. The van der Waals surface area contributed by atoms with Gasteiger partial charge in [0, 0.05) is 24.2 Å². The summed E-state index contributed by atoms with van der Waals surface area (Å²) >= 11 is 0. The molecule has 0 radical (unpaired) electrons. The Morgan fingerprint density at radius 3 is 2.60 bits per heavy atom. The summed E-state index contributed by atoms with van der Waals surface area (Å²) in [6.07, 6.45) is 0.101. The molecule has 5 heterocycles. The number of hydrogen-bond donors (Lipinski definition) is 1. The van der Waals surface area contributed by atoms with Crippen molar-refractivity contribution in [2.24, 2.45) is 10.4 Å². The summed E-state index contributed by atoms with van der Waals surface area (Å²) < 4.78 is 74.0. The summed E-state index contributed by atoms with van der Waals surface area (Å²) in [6.45, 7) is 4.53. The largest absolute Gasteiger partial charge is 0.477 e. The summed E-state index contributed by atoms with van der Waals surface area (Å²) in [4.78, 5) is 28.6. The van der Waals surface area contributed by atoms with Gasteiger partial charge in [0.2, 0.25) is 5.88 Å². The van der Waals surface area contributed by atoms with Crippen LogP contribution in [-0.2, 0) is 10.0 Å². The molecular formula is C27H29F3N7O4S+. The number of amides is 1. The first-order valence-corrected chi connectivity index (χ1v) is 14.9. The zero-order valence-electron chi connectivity index (χ0n) is 22.9. The lowest BCUT2D eigenvalue weighted by molar-refractivity contribution is -0.659. The number of carbonyl (C=O) groups excluding carboxylic acids is 1. The molecule has 0 atom stereocenters. The molecule has 1 aliphatic carbocycles. The Labute approximate surface area is 240 Å². The van der Waals surface area contributed by atoms with Crippen LogP contribution in [0.15, 0.2) is 52.6 Å². The minimum absolute atomic E-state index is 0.0595. The van der Waals surface area contributed by atoms with Crippen molar-refractivity contribution in [1.29, 1.82) is 0 Å². The molecule has 11 nitrogen and oxygen atoms in total. The number of sulfonamides is 1. The number of alkyl halides is 3. The summed E-state index contributed by atoms with van der Waals surface area (Å²) in [7, 11) is -4.32. The van der Waals surface area contributed by atoms with Crippen molar-refractivity contribution in [1.82, 2.24) is 19.4 Å². The van der Waals surface area contributed by atoms with E-state index in [1.165, 1.54) is 28.9 Å². The zero-order valence-corrected chi connectivity index (χ0v) is 23.7. The Kier molecular flexibility index (Phi) is 6.55. The Hall–Kier alpha value is -4.01. The van der Waals surface area contributed by atoms with E-state index in [1.807, 2.05) is 18.7 Å². The molecule has 1 saturated heterocycles. The normalized spacial score (nSPS) is 19.9. The van der Waals surface area contributed by atoms with Gasteiger partial charge in [-0.3, -0.25) is 4.79 Å². The molecule has 0 unspecified atom stereocenters. The first-order valence-electron chi connectivity index (χ1n) is 13.5. The maximum atomic E-state index is 13.8. The van der Waals surface area contributed by atoms with Gasteiger partial charge in [0.15, 0.2) is 10.8 Å². The molecule has 1 N–H and O–H groups in total. The van der Waals surface area contributed by atoms with Crippen molar-refractivity contribution < 1.29 is 35.8 Å². The number of hydrogen-bond acceptors (Lipinski definition) is 8. The van der Waals surface area contributed by atoms with E-state index in [2.05, 4.69) is 15.1 Å². The molecule has 3 aromatic heterocycles. The van der Waals surface area contributed by atoms with Crippen molar-refractivity contribution >= 4 is 33.9 Å². The van der Waals surface area contributed by atoms with Crippen molar-refractivity contribution in [2.45, 2.75) is 62.7 Å². The van der Waals surface area contributed by atoms with Crippen LogP contribution < -0.4 is 14.3 Å². The molecule has 0 spiro atoms. The molecule has 42 heavy (non-hydrogen) atoms. The molecule has 3 aliphatic rings. The molecule has 0 aromatic carbocycles. The highest BCUT2D eigenvalue weighted by atomic mass is 32.2. The molecule has 15 heteroatoms. The van der Waals surface area contributed by atoms with E-state index in [0.29, 0.717) is 16.7 Å². The number of anilines is 1. The summed E-state index contributed by atoms with van der Waals surface area (Å²) in [5, 5.41) is 2.67. The second-order valence-electron chi connectivity index (χ2n) is 11.3. The van der Waals surface area contributed by atoms with Gasteiger partial charge in [-0.25, -0.2) is 9.98 Å². The fourth-order valence-corrected chi connectivity index (χ4v) is 6.50. The number of aliphatic imine (C=N–C) groups is 1. The third kappa shape index (κ3) is 4.88. The lowest BCUT2D eigenvalue weighted by Crippen LogP contribution is -2.43. The van der Waals surface area contributed by atoms with E-state index >= 15 is 0 Å². The number of halogens is 3. The van der Waals surface area contributed by atoms with Crippen LogP contribution in [0.2, 0.25) is 0 Å². The van der Waals surface area contributed by atoms with Crippen LogP contribution in [0.1, 0.15) is 56.3 Å². The Bertz CT molecular complexity index is 1680. The fraction of sp³-hybridized carbons (Fsp3) is 0.444. The van der Waals surface area contributed by atoms with Gasteiger partial charge in [-0.1, -0.05) is 6.07 Å². The van der Waals surface area contributed by atoms with Gasteiger partial charge in [-0.2, -0.15) is 31.0 Å². The van der Waals surface area contributed by atoms with Crippen molar-refractivity contribution in [3.8, 4) is 11.7 Å². The van der Waals surface area contributed by atoms with Crippen LogP contribution in [-0.4, -0.2) is 64.9 Å². The standard InChI is InChI=1S/C27H28F3N7O4S/c1-25(2)10-4-14-35(25)23-18(24(38)37-17-31-19-5-3-6-22(32-19)42(37,39)40)7-8-20(33-23)36-15-9-21(34-36)41-16-13-26(11-12-26)27(28,29)30/h3,5-9,15,17H,4,10-14,16H2,1-2H3/p+1.